The SMILES string of the molecule is CC(=O)OC[C@@H]1O[C@H](SCc2ccc([N+](=O)[O-])cc2)[C@H](OC(C)=O)[C@H](OC(C)=O)[C@H]1OC(C)=O. The highest BCUT2D eigenvalue weighted by molar-refractivity contribution is 7.99. The first kappa shape index (κ1) is 27.1. The molecule has 1 aliphatic heterocycles. The van der Waals surface area contributed by atoms with E-state index in [1.54, 1.807) is 12.1 Å². The Balaban J connectivity index is 2.34. The zero-order chi connectivity index (χ0) is 25.4. The molecule has 12 nitrogen and oxygen atoms in total. The van der Waals surface area contributed by atoms with Crippen LogP contribution >= 0.6 is 11.8 Å². The zero-order valence-electron chi connectivity index (χ0n) is 19.0. The van der Waals surface area contributed by atoms with E-state index in [0.717, 1.165) is 32.5 Å². The molecule has 0 spiro atoms. The van der Waals surface area contributed by atoms with Crippen LogP contribution < -0.4 is 0 Å². The highest BCUT2D eigenvalue weighted by Crippen LogP contribution is 2.35. The smallest absolute Gasteiger partial charge is 0.303 e. The van der Waals surface area contributed by atoms with Crippen molar-refractivity contribution >= 4 is 41.3 Å². The molecule has 0 unspecified atom stereocenters. The Labute approximate surface area is 199 Å². The van der Waals surface area contributed by atoms with Gasteiger partial charge in [-0.3, -0.25) is 29.3 Å². The number of nitrogens with zero attached hydrogens (tertiary/aromatic N) is 1. The summed E-state index contributed by atoms with van der Waals surface area (Å²) in [7, 11) is 0. The molecule has 0 aliphatic carbocycles. The number of nitro groups is 1. The number of rotatable bonds is 9. The second kappa shape index (κ2) is 12.3. The molecule has 2 rings (SSSR count). The fourth-order valence-electron chi connectivity index (χ4n) is 3.22. The van der Waals surface area contributed by atoms with E-state index in [-0.39, 0.29) is 18.0 Å². The molecule has 0 aromatic heterocycles. The van der Waals surface area contributed by atoms with E-state index < -0.39 is 58.7 Å². The van der Waals surface area contributed by atoms with Crippen LogP contribution in [0, 0.1) is 10.1 Å². The molecule has 0 amide bonds. The molecular formula is C21H25NO11S. The summed E-state index contributed by atoms with van der Waals surface area (Å²) < 4.78 is 27.1. The first-order chi connectivity index (χ1) is 16.0. The molecular weight excluding hydrogens is 474 g/mol. The number of carbonyl (C=O) groups excluding carboxylic acids is 4. The molecule has 1 aromatic carbocycles. The number of nitro benzene ring substituents is 1. The number of non-ortho nitro benzene ring substituents is 1. The molecule has 5 atom stereocenters. The Hall–Kier alpha value is -3.19. The maximum atomic E-state index is 11.8. The van der Waals surface area contributed by atoms with Gasteiger partial charge in [0, 0.05) is 45.6 Å². The largest absolute Gasteiger partial charge is 0.463 e. The van der Waals surface area contributed by atoms with Gasteiger partial charge in [0.05, 0.1) is 4.92 Å². The van der Waals surface area contributed by atoms with Crippen LogP contribution in [-0.4, -0.2) is 65.3 Å². The van der Waals surface area contributed by atoms with Crippen LogP contribution in [0.3, 0.4) is 0 Å². The van der Waals surface area contributed by atoms with Crippen molar-refractivity contribution in [1.29, 1.82) is 0 Å². The van der Waals surface area contributed by atoms with Gasteiger partial charge in [0.15, 0.2) is 18.3 Å². The molecule has 186 valence electrons. The molecule has 1 fully saturated rings. The van der Waals surface area contributed by atoms with Gasteiger partial charge in [0.25, 0.3) is 5.69 Å². The predicted octanol–water partition coefficient (Wildman–Crippen LogP) is 1.91. The maximum Gasteiger partial charge on any atom is 0.303 e. The van der Waals surface area contributed by atoms with E-state index in [1.807, 2.05) is 0 Å². The molecule has 1 aromatic rings. The standard InChI is InChI=1S/C21H25NO11S/c1-11(23)29-9-17-18(30-12(2)24)19(31-13(3)25)20(32-14(4)26)21(33-17)34-10-15-5-7-16(8-6-15)22(27)28/h5-8,17-21H,9-10H2,1-4H3/t17-,18-,19+,20+,21+/m0/s1. The van der Waals surface area contributed by atoms with E-state index in [2.05, 4.69) is 0 Å². The van der Waals surface area contributed by atoms with E-state index in [4.69, 9.17) is 23.7 Å². The summed E-state index contributed by atoms with van der Waals surface area (Å²) in [6.07, 6.45) is -4.66. The van der Waals surface area contributed by atoms with Crippen LogP contribution in [-0.2, 0) is 48.6 Å². The minimum absolute atomic E-state index is 0.0685. The summed E-state index contributed by atoms with van der Waals surface area (Å²) in [5.41, 5.74) is -0.277. The number of hydrogen-bond donors (Lipinski definition) is 0. The summed E-state index contributed by atoms with van der Waals surface area (Å²) in [6, 6.07) is 5.83. The van der Waals surface area contributed by atoms with Crippen molar-refractivity contribution in [3.05, 3.63) is 39.9 Å². The molecule has 1 saturated heterocycles. The van der Waals surface area contributed by atoms with Crippen molar-refractivity contribution < 1.29 is 47.8 Å². The van der Waals surface area contributed by atoms with Gasteiger partial charge in [0.1, 0.15) is 18.1 Å². The van der Waals surface area contributed by atoms with Gasteiger partial charge in [0.2, 0.25) is 0 Å². The van der Waals surface area contributed by atoms with Gasteiger partial charge >= 0.3 is 23.9 Å². The lowest BCUT2D eigenvalue weighted by Crippen LogP contribution is -2.61. The number of esters is 4. The van der Waals surface area contributed by atoms with Crippen LogP contribution in [0.1, 0.15) is 33.3 Å². The fraction of sp³-hybridized carbons (Fsp3) is 0.524. The third-order valence-electron chi connectivity index (χ3n) is 4.51. The highest BCUT2D eigenvalue weighted by atomic mass is 32.2. The number of ether oxygens (including phenoxy) is 5. The summed E-state index contributed by atoms with van der Waals surface area (Å²) in [4.78, 5) is 57.1. The molecule has 0 saturated carbocycles. The van der Waals surface area contributed by atoms with Gasteiger partial charge in [-0.2, -0.15) is 0 Å². The van der Waals surface area contributed by atoms with Crippen molar-refractivity contribution in [2.24, 2.45) is 0 Å². The lowest BCUT2D eigenvalue weighted by atomic mass is 9.99. The average molecular weight is 499 g/mol. The van der Waals surface area contributed by atoms with E-state index >= 15 is 0 Å². The van der Waals surface area contributed by atoms with E-state index in [1.165, 1.54) is 19.1 Å². The number of hydrogen-bond acceptors (Lipinski definition) is 12. The van der Waals surface area contributed by atoms with Crippen molar-refractivity contribution in [2.45, 2.75) is 63.3 Å². The average Bonchev–Trinajstić information content (AvgIpc) is 2.73. The maximum absolute atomic E-state index is 11.8. The van der Waals surface area contributed by atoms with Crippen LogP contribution in [0.2, 0.25) is 0 Å². The molecule has 13 heteroatoms. The Morgan fingerprint density at radius 1 is 0.882 bits per heavy atom. The number of carbonyl (C=O) groups is 4. The quantitative estimate of drug-likeness (QED) is 0.211. The first-order valence-electron chi connectivity index (χ1n) is 10.1. The molecule has 0 bridgehead atoms. The van der Waals surface area contributed by atoms with E-state index in [9.17, 15) is 29.3 Å². The second-order valence-corrected chi connectivity index (χ2v) is 8.39. The summed E-state index contributed by atoms with van der Waals surface area (Å²) in [5, 5.41) is 10.9. The van der Waals surface area contributed by atoms with Crippen LogP contribution in [0.5, 0.6) is 0 Å². The number of thioether (sulfide) groups is 1. The lowest BCUT2D eigenvalue weighted by molar-refractivity contribution is -0.384. The molecule has 0 N–H and O–H groups in total. The second-order valence-electron chi connectivity index (χ2n) is 7.30. The van der Waals surface area contributed by atoms with E-state index in [0.29, 0.717) is 5.56 Å². The normalized spacial score (nSPS) is 23.9. The van der Waals surface area contributed by atoms with Gasteiger partial charge < -0.3 is 23.7 Å². The minimum atomic E-state index is -1.24. The van der Waals surface area contributed by atoms with Gasteiger partial charge in [-0.15, -0.1) is 11.8 Å². The molecule has 1 aliphatic rings. The summed E-state index contributed by atoms with van der Waals surface area (Å²) in [5.74, 6) is -2.44. The van der Waals surface area contributed by atoms with Gasteiger partial charge in [-0.1, -0.05) is 12.1 Å². The van der Waals surface area contributed by atoms with Gasteiger partial charge in [-0.05, 0) is 5.56 Å². The van der Waals surface area contributed by atoms with Crippen molar-refractivity contribution in [1.82, 2.24) is 0 Å². The molecule has 0 radical (unpaired) electrons. The molecule has 34 heavy (non-hydrogen) atoms. The highest BCUT2D eigenvalue weighted by Gasteiger charge is 2.52. The van der Waals surface area contributed by atoms with Crippen LogP contribution in [0.15, 0.2) is 24.3 Å². The monoisotopic (exact) mass is 499 g/mol. The van der Waals surface area contributed by atoms with Crippen molar-refractivity contribution in [3.63, 3.8) is 0 Å². The van der Waals surface area contributed by atoms with Crippen LogP contribution in [0.4, 0.5) is 5.69 Å². The predicted molar refractivity (Wildman–Crippen MR) is 116 cm³/mol. The Kier molecular flexibility index (Phi) is 9.81. The Bertz CT molecular complexity index is 920. The first-order valence-corrected chi connectivity index (χ1v) is 11.2. The van der Waals surface area contributed by atoms with Crippen molar-refractivity contribution in [3.8, 4) is 0 Å². The third kappa shape index (κ3) is 7.99. The minimum Gasteiger partial charge on any atom is -0.463 e. The third-order valence-corrected chi connectivity index (χ3v) is 5.72. The summed E-state index contributed by atoms with van der Waals surface area (Å²) >= 11 is 1.16. The zero-order valence-corrected chi connectivity index (χ0v) is 19.8. The van der Waals surface area contributed by atoms with Gasteiger partial charge in [-0.25, -0.2) is 0 Å². The summed E-state index contributed by atoms with van der Waals surface area (Å²) in [6.45, 7) is 4.33. The Morgan fingerprint density at radius 3 is 1.91 bits per heavy atom. The Morgan fingerprint density at radius 2 is 1.41 bits per heavy atom. The topological polar surface area (TPSA) is 158 Å². The number of benzene rings is 1. The lowest BCUT2D eigenvalue weighted by Gasteiger charge is -2.44. The fourth-order valence-corrected chi connectivity index (χ4v) is 4.39. The van der Waals surface area contributed by atoms with Crippen molar-refractivity contribution in [2.75, 3.05) is 6.61 Å². The van der Waals surface area contributed by atoms with Crippen LogP contribution in [0.25, 0.3) is 0 Å². The molecule has 1 heterocycles.